The maximum atomic E-state index is 6.26. The molecule has 3 N–H and O–H groups in total. The molecule has 4 heteroatoms. The predicted molar refractivity (Wildman–Crippen MR) is 77.6 cm³/mol. The summed E-state index contributed by atoms with van der Waals surface area (Å²) in [4.78, 5) is 0. The third kappa shape index (κ3) is 3.18. The fourth-order valence-corrected chi connectivity index (χ4v) is 3.27. The molecular formula is C14H20Cl2N2. The van der Waals surface area contributed by atoms with Crippen LogP contribution in [0, 0.1) is 11.8 Å². The molecule has 1 atom stereocenters. The van der Waals surface area contributed by atoms with Gasteiger partial charge in [0.05, 0.1) is 6.04 Å². The number of hydrazine groups is 1. The molecule has 1 aliphatic carbocycles. The molecule has 0 saturated heterocycles. The first-order valence-electron chi connectivity index (χ1n) is 6.53. The van der Waals surface area contributed by atoms with E-state index in [0.717, 1.165) is 16.5 Å². The lowest BCUT2D eigenvalue weighted by atomic mass is 9.77. The van der Waals surface area contributed by atoms with Crippen molar-refractivity contribution in [2.24, 2.45) is 17.7 Å². The molecule has 18 heavy (non-hydrogen) atoms. The van der Waals surface area contributed by atoms with Gasteiger partial charge in [0.15, 0.2) is 0 Å². The highest BCUT2D eigenvalue weighted by Crippen LogP contribution is 2.39. The summed E-state index contributed by atoms with van der Waals surface area (Å²) in [5.41, 5.74) is 3.95. The molecule has 0 aromatic heterocycles. The van der Waals surface area contributed by atoms with E-state index in [-0.39, 0.29) is 6.04 Å². The van der Waals surface area contributed by atoms with Gasteiger partial charge >= 0.3 is 0 Å². The number of halogens is 2. The summed E-state index contributed by atoms with van der Waals surface area (Å²) < 4.78 is 0. The van der Waals surface area contributed by atoms with Gasteiger partial charge in [0, 0.05) is 10.0 Å². The highest BCUT2D eigenvalue weighted by Gasteiger charge is 2.27. The van der Waals surface area contributed by atoms with Gasteiger partial charge in [-0.2, -0.15) is 0 Å². The molecule has 0 aliphatic heterocycles. The first-order valence-corrected chi connectivity index (χ1v) is 7.28. The van der Waals surface area contributed by atoms with Crippen molar-refractivity contribution in [1.29, 1.82) is 0 Å². The maximum absolute atomic E-state index is 6.26. The summed E-state index contributed by atoms with van der Waals surface area (Å²) in [6, 6.07) is 5.68. The minimum absolute atomic E-state index is 0.101. The Morgan fingerprint density at radius 2 is 1.89 bits per heavy atom. The molecular weight excluding hydrogens is 267 g/mol. The van der Waals surface area contributed by atoms with Crippen molar-refractivity contribution < 1.29 is 0 Å². The molecule has 0 amide bonds. The summed E-state index contributed by atoms with van der Waals surface area (Å²) in [6.45, 7) is 2.31. The smallest absolute Gasteiger partial charge is 0.0503 e. The summed E-state index contributed by atoms with van der Waals surface area (Å²) in [5, 5.41) is 1.44. The second-order valence-corrected chi connectivity index (χ2v) is 6.17. The van der Waals surface area contributed by atoms with Crippen molar-refractivity contribution >= 4 is 23.2 Å². The summed E-state index contributed by atoms with van der Waals surface area (Å²) >= 11 is 12.3. The zero-order chi connectivity index (χ0) is 13.1. The van der Waals surface area contributed by atoms with E-state index in [9.17, 15) is 0 Å². The van der Waals surface area contributed by atoms with E-state index in [1.54, 1.807) is 0 Å². The Morgan fingerprint density at radius 1 is 1.22 bits per heavy atom. The lowest BCUT2D eigenvalue weighted by Gasteiger charge is -2.33. The molecule has 2 rings (SSSR count). The quantitative estimate of drug-likeness (QED) is 0.641. The highest BCUT2D eigenvalue weighted by molar-refractivity contribution is 6.33. The van der Waals surface area contributed by atoms with Crippen LogP contribution in [0.5, 0.6) is 0 Å². The Hall–Kier alpha value is -0.280. The van der Waals surface area contributed by atoms with Gasteiger partial charge in [-0.3, -0.25) is 11.3 Å². The van der Waals surface area contributed by atoms with E-state index in [1.807, 2.05) is 18.2 Å². The third-order valence-electron chi connectivity index (χ3n) is 4.00. The largest absolute Gasteiger partial charge is 0.271 e. The minimum atomic E-state index is 0.101. The Labute approximate surface area is 119 Å². The first-order chi connectivity index (χ1) is 8.61. The molecule has 2 nitrogen and oxygen atoms in total. The van der Waals surface area contributed by atoms with Gasteiger partial charge < -0.3 is 0 Å². The Balaban J connectivity index is 2.19. The second-order valence-electron chi connectivity index (χ2n) is 5.33. The van der Waals surface area contributed by atoms with Crippen LogP contribution in [0.25, 0.3) is 0 Å². The number of hydrogen-bond donors (Lipinski definition) is 2. The van der Waals surface area contributed by atoms with Crippen molar-refractivity contribution in [3.63, 3.8) is 0 Å². The molecule has 1 saturated carbocycles. The van der Waals surface area contributed by atoms with E-state index in [1.165, 1.54) is 25.7 Å². The van der Waals surface area contributed by atoms with Crippen molar-refractivity contribution in [3.05, 3.63) is 33.8 Å². The molecule has 1 aromatic rings. The van der Waals surface area contributed by atoms with Crippen LogP contribution in [0.2, 0.25) is 10.0 Å². The van der Waals surface area contributed by atoms with Crippen LogP contribution in [-0.4, -0.2) is 0 Å². The molecule has 1 aromatic carbocycles. The third-order valence-corrected chi connectivity index (χ3v) is 4.58. The number of nitrogens with two attached hydrogens (primary N) is 1. The predicted octanol–water partition coefficient (Wildman–Crippen LogP) is 4.32. The van der Waals surface area contributed by atoms with Crippen LogP contribution in [-0.2, 0) is 0 Å². The van der Waals surface area contributed by atoms with Crippen LogP contribution in [0.4, 0.5) is 0 Å². The minimum Gasteiger partial charge on any atom is -0.271 e. The summed E-state index contributed by atoms with van der Waals surface area (Å²) in [5.74, 6) is 7.11. The molecule has 0 radical (unpaired) electrons. The van der Waals surface area contributed by atoms with Crippen molar-refractivity contribution in [3.8, 4) is 0 Å². The zero-order valence-corrected chi connectivity index (χ0v) is 12.1. The number of benzene rings is 1. The lowest BCUT2D eigenvalue weighted by Crippen LogP contribution is -2.35. The summed E-state index contributed by atoms with van der Waals surface area (Å²) in [7, 11) is 0. The molecule has 100 valence electrons. The fraction of sp³-hybridized carbons (Fsp3) is 0.571. The van der Waals surface area contributed by atoms with Crippen molar-refractivity contribution in [1.82, 2.24) is 5.43 Å². The molecule has 0 heterocycles. The van der Waals surface area contributed by atoms with Crippen molar-refractivity contribution in [2.45, 2.75) is 38.6 Å². The molecule has 1 fully saturated rings. The SMILES string of the molecule is CC1CCC(C(NN)c2cc(Cl)ccc2Cl)CC1. The van der Waals surface area contributed by atoms with Gasteiger partial charge in [-0.25, -0.2) is 0 Å². The van der Waals surface area contributed by atoms with E-state index >= 15 is 0 Å². The van der Waals surface area contributed by atoms with Gasteiger partial charge in [-0.15, -0.1) is 0 Å². The molecule has 1 unspecified atom stereocenters. The first kappa shape index (κ1) is 14.1. The number of hydrogen-bond acceptors (Lipinski definition) is 2. The van der Waals surface area contributed by atoms with Gasteiger partial charge in [0.1, 0.15) is 0 Å². The standard InChI is InChI=1S/C14H20Cl2N2/c1-9-2-4-10(5-3-9)14(18-17)12-8-11(15)6-7-13(12)16/h6-10,14,18H,2-5,17H2,1H3. The van der Waals surface area contributed by atoms with Crippen LogP contribution >= 0.6 is 23.2 Å². The second kappa shape index (κ2) is 6.25. The normalized spacial score (nSPS) is 26.0. The van der Waals surface area contributed by atoms with Crippen LogP contribution in [0.3, 0.4) is 0 Å². The van der Waals surface area contributed by atoms with Crippen LogP contribution in [0.15, 0.2) is 18.2 Å². The van der Waals surface area contributed by atoms with Gasteiger partial charge in [-0.05, 0) is 48.4 Å². The molecule has 0 bridgehead atoms. The van der Waals surface area contributed by atoms with Gasteiger partial charge in [-0.1, -0.05) is 43.0 Å². The average Bonchev–Trinajstić information content (AvgIpc) is 2.37. The lowest BCUT2D eigenvalue weighted by molar-refractivity contribution is 0.232. The van der Waals surface area contributed by atoms with E-state index in [0.29, 0.717) is 10.9 Å². The maximum Gasteiger partial charge on any atom is 0.0503 e. The zero-order valence-electron chi connectivity index (χ0n) is 10.6. The van der Waals surface area contributed by atoms with E-state index in [4.69, 9.17) is 29.0 Å². The number of rotatable bonds is 3. The van der Waals surface area contributed by atoms with E-state index in [2.05, 4.69) is 12.3 Å². The fourth-order valence-electron chi connectivity index (χ4n) is 2.85. The van der Waals surface area contributed by atoms with Gasteiger partial charge in [0.2, 0.25) is 0 Å². The van der Waals surface area contributed by atoms with Crippen LogP contribution in [0.1, 0.15) is 44.2 Å². The molecule has 0 spiro atoms. The van der Waals surface area contributed by atoms with Gasteiger partial charge in [0.25, 0.3) is 0 Å². The Kier molecular flexibility index (Phi) is 4.91. The molecule has 1 aliphatic rings. The van der Waals surface area contributed by atoms with E-state index < -0.39 is 0 Å². The Bertz CT molecular complexity index is 401. The monoisotopic (exact) mass is 286 g/mol. The number of nitrogens with one attached hydrogen (secondary N) is 1. The topological polar surface area (TPSA) is 38.0 Å². The Morgan fingerprint density at radius 3 is 2.50 bits per heavy atom. The summed E-state index contributed by atoms with van der Waals surface area (Å²) in [6.07, 6.45) is 4.92. The van der Waals surface area contributed by atoms with Crippen LogP contribution < -0.4 is 11.3 Å². The van der Waals surface area contributed by atoms with Crippen molar-refractivity contribution in [2.75, 3.05) is 0 Å². The highest BCUT2D eigenvalue weighted by atomic mass is 35.5. The average molecular weight is 287 g/mol.